The molecule has 0 saturated heterocycles. The van der Waals surface area contributed by atoms with Crippen LogP contribution < -0.4 is 4.74 Å². The Morgan fingerprint density at radius 2 is 2.00 bits per heavy atom. The monoisotopic (exact) mass is 352 g/mol. The zero-order valence-corrected chi connectivity index (χ0v) is 13.8. The molecule has 1 aromatic heterocycles. The number of esters is 1. The Hall–Kier alpha value is -1.13. The van der Waals surface area contributed by atoms with Gasteiger partial charge in [-0.1, -0.05) is 31.9 Å². The summed E-state index contributed by atoms with van der Waals surface area (Å²) in [5.74, 6) is -0.306. The summed E-state index contributed by atoms with van der Waals surface area (Å²) in [7, 11) is 0. The molecule has 0 saturated carbocycles. The molecule has 106 valence electrons. The molecule has 2 nitrogen and oxygen atoms in total. The third kappa shape index (κ3) is 4.46. The molecular weight excluding hydrogens is 336 g/mol. The van der Waals surface area contributed by atoms with Gasteiger partial charge in [0.15, 0.2) is 5.06 Å². The minimum Gasteiger partial charge on any atom is -0.412 e. The summed E-state index contributed by atoms with van der Waals surface area (Å²) < 4.78 is 6.24. The predicted octanol–water partition coefficient (Wildman–Crippen LogP) is 5.46. The molecule has 0 bridgehead atoms. The van der Waals surface area contributed by atoms with Crippen LogP contribution in [0.25, 0.3) is 0 Å². The molecule has 0 aliphatic carbocycles. The van der Waals surface area contributed by atoms with E-state index in [0.717, 1.165) is 10.9 Å². The Labute approximate surface area is 131 Å². The van der Waals surface area contributed by atoms with Gasteiger partial charge < -0.3 is 4.74 Å². The number of aryl methyl sites for hydroxylation is 1. The van der Waals surface area contributed by atoms with E-state index in [1.54, 1.807) is 6.07 Å². The number of halogens is 1. The van der Waals surface area contributed by atoms with Crippen LogP contribution in [0, 0.1) is 0 Å². The van der Waals surface area contributed by atoms with Gasteiger partial charge >= 0.3 is 5.97 Å². The molecule has 1 heterocycles. The highest BCUT2D eigenvalue weighted by molar-refractivity contribution is 9.10. The Morgan fingerprint density at radius 1 is 1.25 bits per heavy atom. The first-order valence-corrected chi connectivity index (χ1v) is 8.41. The maximum absolute atomic E-state index is 12.0. The van der Waals surface area contributed by atoms with Gasteiger partial charge in [-0.15, -0.1) is 11.3 Å². The predicted molar refractivity (Wildman–Crippen MR) is 86.6 cm³/mol. The van der Waals surface area contributed by atoms with Crippen molar-refractivity contribution in [3.63, 3.8) is 0 Å². The van der Waals surface area contributed by atoms with E-state index in [0.29, 0.717) is 10.6 Å². The highest BCUT2D eigenvalue weighted by Gasteiger charge is 2.09. The van der Waals surface area contributed by atoms with Crippen LogP contribution in [0.2, 0.25) is 0 Å². The van der Waals surface area contributed by atoms with E-state index < -0.39 is 0 Å². The summed E-state index contributed by atoms with van der Waals surface area (Å²) in [6.07, 6.45) is 4.74. The van der Waals surface area contributed by atoms with Gasteiger partial charge in [0, 0.05) is 15.9 Å². The van der Waals surface area contributed by atoms with Crippen molar-refractivity contribution in [1.29, 1.82) is 0 Å². The molecule has 0 unspecified atom stereocenters. The van der Waals surface area contributed by atoms with E-state index in [4.69, 9.17) is 4.74 Å². The van der Waals surface area contributed by atoms with Crippen LogP contribution in [0.15, 0.2) is 40.2 Å². The van der Waals surface area contributed by atoms with Crippen LogP contribution in [-0.4, -0.2) is 5.97 Å². The standard InChI is InChI=1S/C16H17BrO2S/c1-2-3-4-5-12-6-8-13(9-7-12)16(18)19-15-10-14(17)11-20-15/h6-11H,2-5H2,1H3. The fourth-order valence-electron chi connectivity index (χ4n) is 1.89. The average Bonchev–Trinajstić information content (AvgIpc) is 2.85. The Bertz CT molecular complexity index is 560. The largest absolute Gasteiger partial charge is 0.412 e. The second-order valence-electron chi connectivity index (χ2n) is 4.63. The highest BCUT2D eigenvalue weighted by Crippen LogP contribution is 2.27. The first-order chi connectivity index (χ1) is 9.69. The molecule has 2 rings (SSSR count). The molecule has 0 spiro atoms. The van der Waals surface area contributed by atoms with E-state index in [1.165, 1.54) is 36.2 Å². The Kier molecular flexibility index (Phi) is 5.80. The summed E-state index contributed by atoms with van der Waals surface area (Å²) in [5.41, 5.74) is 1.86. The van der Waals surface area contributed by atoms with E-state index in [-0.39, 0.29) is 5.97 Å². The van der Waals surface area contributed by atoms with E-state index in [2.05, 4.69) is 22.9 Å². The van der Waals surface area contributed by atoms with Crippen LogP contribution in [0.3, 0.4) is 0 Å². The van der Waals surface area contributed by atoms with E-state index in [9.17, 15) is 4.79 Å². The number of hydrogen-bond donors (Lipinski definition) is 0. The lowest BCUT2D eigenvalue weighted by Gasteiger charge is -2.04. The van der Waals surface area contributed by atoms with E-state index in [1.807, 2.05) is 29.6 Å². The van der Waals surface area contributed by atoms with Crippen molar-refractivity contribution in [2.24, 2.45) is 0 Å². The number of ether oxygens (including phenoxy) is 1. The fourth-order valence-corrected chi connectivity index (χ4v) is 3.14. The van der Waals surface area contributed by atoms with Gasteiger partial charge in [-0.3, -0.25) is 0 Å². The van der Waals surface area contributed by atoms with Gasteiger partial charge in [0.25, 0.3) is 0 Å². The molecule has 0 radical (unpaired) electrons. The number of hydrogen-bond acceptors (Lipinski definition) is 3. The van der Waals surface area contributed by atoms with Crippen molar-refractivity contribution in [2.45, 2.75) is 32.6 Å². The summed E-state index contributed by atoms with van der Waals surface area (Å²) in [6, 6.07) is 9.49. The number of thiophene rings is 1. The summed E-state index contributed by atoms with van der Waals surface area (Å²) in [6.45, 7) is 2.20. The summed E-state index contributed by atoms with van der Waals surface area (Å²) in [5, 5.41) is 2.49. The van der Waals surface area contributed by atoms with Gasteiger partial charge in [0.1, 0.15) is 0 Å². The topological polar surface area (TPSA) is 26.3 Å². The zero-order valence-electron chi connectivity index (χ0n) is 11.4. The third-order valence-electron chi connectivity index (χ3n) is 3.00. The fraction of sp³-hybridized carbons (Fsp3) is 0.312. The molecule has 20 heavy (non-hydrogen) atoms. The van der Waals surface area contributed by atoms with Crippen molar-refractivity contribution in [1.82, 2.24) is 0 Å². The molecule has 0 fully saturated rings. The minimum atomic E-state index is -0.306. The molecule has 0 aliphatic rings. The maximum Gasteiger partial charge on any atom is 0.344 e. The summed E-state index contributed by atoms with van der Waals surface area (Å²) in [4.78, 5) is 12.0. The zero-order chi connectivity index (χ0) is 14.4. The van der Waals surface area contributed by atoms with Crippen molar-refractivity contribution in [3.8, 4) is 5.06 Å². The number of carbonyl (C=O) groups excluding carboxylic acids is 1. The molecule has 0 amide bonds. The van der Waals surface area contributed by atoms with Gasteiger partial charge in [-0.05, 0) is 46.5 Å². The SMILES string of the molecule is CCCCCc1ccc(C(=O)Oc2cc(Br)cs2)cc1. The van der Waals surface area contributed by atoms with Crippen LogP contribution in [0.5, 0.6) is 5.06 Å². The third-order valence-corrected chi connectivity index (χ3v) is 4.56. The summed E-state index contributed by atoms with van der Waals surface area (Å²) >= 11 is 4.74. The lowest BCUT2D eigenvalue weighted by molar-refractivity contribution is 0.0740. The number of benzene rings is 1. The minimum absolute atomic E-state index is 0.306. The molecule has 1 aromatic carbocycles. The molecular formula is C16H17BrO2S. The van der Waals surface area contributed by atoms with Crippen LogP contribution in [0.1, 0.15) is 42.1 Å². The van der Waals surface area contributed by atoms with E-state index >= 15 is 0 Å². The van der Waals surface area contributed by atoms with Crippen LogP contribution in [-0.2, 0) is 6.42 Å². The van der Waals surface area contributed by atoms with Gasteiger partial charge in [0.2, 0.25) is 0 Å². The van der Waals surface area contributed by atoms with Gasteiger partial charge in [-0.25, -0.2) is 4.79 Å². The first kappa shape index (κ1) is 15.3. The molecule has 2 aromatic rings. The highest BCUT2D eigenvalue weighted by atomic mass is 79.9. The smallest absolute Gasteiger partial charge is 0.344 e. The lowest BCUT2D eigenvalue weighted by atomic mass is 10.1. The molecule has 4 heteroatoms. The normalized spacial score (nSPS) is 10.5. The average molecular weight is 353 g/mol. The second kappa shape index (κ2) is 7.60. The number of carbonyl (C=O) groups is 1. The van der Waals surface area contributed by atoms with Crippen molar-refractivity contribution < 1.29 is 9.53 Å². The molecule has 0 aliphatic heterocycles. The molecule has 0 atom stereocenters. The van der Waals surface area contributed by atoms with Crippen molar-refractivity contribution in [2.75, 3.05) is 0 Å². The Morgan fingerprint density at radius 3 is 2.60 bits per heavy atom. The quantitative estimate of drug-likeness (QED) is 0.509. The van der Waals surface area contributed by atoms with Crippen LogP contribution in [0.4, 0.5) is 0 Å². The first-order valence-electron chi connectivity index (χ1n) is 6.74. The van der Waals surface area contributed by atoms with Gasteiger partial charge in [-0.2, -0.15) is 0 Å². The van der Waals surface area contributed by atoms with Crippen LogP contribution >= 0.6 is 27.3 Å². The number of rotatable bonds is 6. The second-order valence-corrected chi connectivity index (χ2v) is 6.42. The lowest BCUT2D eigenvalue weighted by Crippen LogP contribution is -2.07. The Balaban J connectivity index is 1.93. The maximum atomic E-state index is 12.0. The molecule has 0 N–H and O–H groups in total. The number of unbranched alkanes of at least 4 members (excludes halogenated alkanes) is 2. The van der Waals surface area contributed by atoms with Crippen molar-refractivity contribution >= 4 is 33.2 Å². The van der Waals surface area contributed by atoms with Gasteiger partial charge in [0.05, 0.1) is 5.56 Å². The van der Waals surface area contributed by atoms with Crippen molar-refractivity contribution in [3.05, 3.63) is 51.3 Å².